The average molecular weight is 1340 g/mol. The van der Waals surface area contributed by atoms with Crippen LogP contribution in [0.2, 0.25) is 0 Å². The molecule has 0 aromatic rings. The summed E-state index contributed by atoms with van der Waals surface area (Å²) in [4.78, 5) is 72.5. The van der Waals surface area contributed by atoms with Crippen molar-refractivity contribution in [2.45, 2.75) is 387 Å². The maximum atomic E-state index is 13.0. The predicted octanol–water partition coefficient (Wildman–Crippen LogP) is 20.8. The molecule has 0 aliphatic heterocycles. The lowest BCUT2D eigenvalue weighted by atomic mass is 9.99. The third-order valence-electron chi connectivity index (χ3n) is 17.1. The van der Waals surface area contributed by atoms with E-state index >= 15 is 0 Å². The normalized spacial score (nSPS) is 14.4. The Hall–Kier alpha value is -1.94. The highest BCUT2D eigenvalue weighted by Crippen LogP contribution is 2.45. The molecule has 19 heteroatoms. The van der Waals surface area contributed by atoms with E-state index in [9.17, 15) is 43.2 Å². The number of unbranched alkanes of at least 4 members (excludes halogenated alkanes) is 40. The minimum absolute atomic E-state index is 0.105. The molecule has 0 amide bonds. The van der Waals surface area contributed by atoms with Crippen molar-refractivity contribution in [3.63, 3.8) is 0 Å². The molecule has 0 fully saturated rings. The van der Waals surface area contributed by atoms with Gasteiger partial charge in [-0.05, 0) is 37.5 Å². The standard InChI is InChI=1S/C72H140O17P2/c1-7-10-12-14-16-18-19-22-26-31-37-43-49-55-70(75)83-61-68(88-71(76)56-50-44-38-32-27-24-21-20-23-25-30-35-41-47-53-65(6)9-3)63-87-91(80,81)85-59-66(73)58-84-90(78,79)86-62-67(60-82-69(74)54-48-42-36-17-15-13-11-8-2)89-72(77)57-51-45-39-33-28-29-34-40-46-52-64(4)5/h64-68,73H,7-63H2,1-6H3,(H,78,79)(H,80,81)/t65?,66-,67+,68+/m0/s1. The molecule has 91 heavy (non-hydrogen) atoms. The number of rotatable bonds is 71. The fourth-order valence-electron chi connectivity index (χ4n) is 10.9. The molecular formula is C72H140O17P2. The van der Waals surface area contributed by atoms with Crippen molar-refractivity contribution >= 4 is 39.5 Å². The first kappa shape index (κ1) is 89.1. The van der Waals surface area contributed by atoms with E-state index in [0.717, 1.165) is 108 Å². The van der Waals surface area contributed by atoms with Gasteiger partial charge in [-0.1, -0.05) is 318 Å². The summed E-state index contributed by atoms with van der Waals surface area (Å²) >= 11 is 0. The Morgan fingerprint density at radius 3 is 0.835 bits per heavy atom. The summed E-state index contributed by atoms with van der Waals surface area (Å²) in [5.74, 6) is -0.540. The van der Waals surface area contributed by atoms with E-state index in [1.165, 1.54) is 180 Å². The van der Waals surface area contributed by atoms with Gasteiger partial charge in [-0.2, -0.15) is 0 Å². The molecule has 0 radical (unpaired) electrons. The molecule has 0 spiro atoms. The Morgan fingerprint density at radius 2 is 0.560 bits per heavy atom. The lowest BCUT2D eigenvalue weighted by molar-refractivity contribution is -0.161. The summed E-state index contributed by atoms with van der Waals surface area (Å²) in [7, 11) is -9.90. The number of ether oxygens (including phenoxy) is 4. The molecule has 17 nitrogen and oxygen atoms in total. The number of esters is 4. The lowest BCUT2D eigenvalue weighted by Crippen LogP contribution is -2.30. The van der Waals surface area contributed by atoms with Gasteiger partial charge in [0.1, 0.15) is 19.3 Å². The molecule has 3 N–H and O–H groups in total. The van der Waals surface area contributed by atoms with Gasteiger partial charge in [-0.15, -0.1) is 0 Å². The molecule has 0 aliphatic rings. The molecule has 0 saturated carbocycles. The highest BCUT2D eigenvalue weighted by Gasteiger charge is 2.30. The fourth-order valence-corrected chi connectivity index (χ4v) is 12.5. The number of hydrogen-bond donors (Lipinski definition) is 3. The summed E-state index contributed by atoms with van der Waals surface area (Å²) in [5, 5.41) is 10.6. The quantitative estimate of drug-likeness (QED) is 0.0222. The Bertz CT molecular complexity index is 1770. The second kappa shape index (κ2) is 64.1. The summed E-state index contributed by atoms with van der Waals surface area (Å²) in [6, 6.07) is 0. The summed E-state index contributed by atoms with van der Waals surface area (Å²) in [6.07, 6.45) is 49.9. The maximum absolute atomic E-state index is 13.0. The molecule has 0 aliphatic carbocycles. The van der Waals surface area contributed by atoms with Crippen LogP contribution in [0.4, 0.5) is 0 Å². The molecule has 0 aromatic carbocycles. The van der Waals surface area contributed by atoms with E-state index in [-0.39, 0.29) is 25.7 Å². The first-order valence-electron chi connectivity index (χ1n) is 37.5. The molecular weight excluding hydrogens is 1200 g/mol. The van der Waals surface area contributed by atoms with Crippen LogP contribution in [0, 0.1) is 11.8 Å². The van der Waals surface area contributed by atoms with Crippen molar-refractivity contribution < 1.29 is 80.2 Å². The minimum Gasteiger partial charge on any atom is -0.462 e. The third kappa shape index (κ3) is 65.1. The highest BCUT2D eigenvalue weighted by molar-refractivity contribution is 7.47. The van der Waals surface area contributed by atoms with Gasteiger partial charge in [0.05, 0.1) is 26.4 Å². The van der Waals surface area contributed by atoms with Gasteiger partial charge in [0.25, 0.3) is 0 Å². The molecule has 6 atom stereocenters. The van der Waals surface area contributed by atoms with Crippen LogP contribution in [0.3, 0.4) is 0 Å². The zero-order valence-corrected chi connectivity index (χ0v) is 60.9. The van der Waals surface area contributed by atoms with Crippen molar-refractivity contribution in [1.82, 2.24) is 0 Å². The fraction of sp³-hybridized carbons (Fsp3) is 0.944. The van der Waals surface area contributed by atoms with Crippen LogP contribution in [-0.2, 0) is 65.4 Å². The smallest absolute Gasteiger partial charge is 0.462 e. The van der Waals surface area contributed by atoms with Gasteiger partial charge >= 0.3 is 39.5 Å². The van der Waals surface area contributed by atoms with Crippen LogP contribution in [0.5, 0.6) is 0 Å². The van der Waals surface area contributed by atoms with Gasteiger partial charge in [0, 0.05) is 25.7 Å². The number of aliphatic hydroxyl groups excluding tert-OH is 1. The second-order valence-corrected chi connectivity index (χ2v) is 29.6. The number of carbonyl (C=O) groups is 4. The first-order chi connectivity index (χ1) is 43.9. The predicted molar refractivity (Wildman–Crippen MR) is 368 cm³/mol. The number of phosphoric acid groups is 2. The summed E-state index contributed by atoms with van der Waals surface area (Å²) in [5.41, 5.74) is 0. The topological polar surface area (TPSA) is 237 Å². The SMILES string of the molecule is CCCCCCCCCCCCCCCC(=O)OC[C@H](COP(=O)(O)OC[C@@H](O)COP(=O)(O)OC[C@@H](COC(=O)CCCCCCCCCC)OC(=O)CCCCCCCCCCCC(C)C)OC(=O)CCCCCCCCCCCCCCCCC(C)CC. The average Bonchev–Trinajstić information content (AvgIpc) is 3.52. The molecule has 0 rings (SSSR count). The number of aliphatic hydroxyl groups is 1. The number of phosphoric ester groups is 2. The van der Waals surface area contributed by atoms with Gasteiger partial charge in [0.15, 0.2) is 12.2 Å². The van der Waals surface area contributed by atoms with Gasteiger partial charge in [-0.25, -0.2) is 9.13 Å². The van der Waals surface area contributed by atoms with E-state index in [4.69, 9.17) is 37.0 Å². The van der Waals surface area contributed by atoms with Crippen molar-refractivity contribution in [3.05, 3.63) is 0 Å². The number of hydrogen-bond acceptors (Lipinski definition) is 15. The van der Waals surface area contributed by atoms with E-state index in [0.29, 0.717) is 25.7 Å². The van der Waals surface area contributed by atoms with Crippen molar-refractivity contribution in [3.8, 4) is 0 Å². The molecule has 3 unspecified atom stereocenters. The van der Waals surface area contributed by atoms with Crippen LogP contribution in [0.25, 0.3) is 0 Å². The van der Waals surface area contributed by atoms with Crippen LogP contribution >= 0.6 is 15.6 Å². The highest BCUT2D eigenvalue weighted by atomic mass is 31.2. The molecule has 0 saturated heterocycles. The first-order valence-corrected chi connectivity index (χ1v) is 40.5. The lowest BCUT2D eigenvalue weighted by Gasteiger charge is -2.21. The van der Waals surface area contributed by atoms with Gasteiger partial charge in [0.2, 0.25) is 0 Å². The van der Waals surface area contributed by atoms with Gasteiger partial charge in [-0.3, -0.25) is 37.3 Å². The van der Waals surface area contributed by atoms with E-state index in [1.54, 1.807) is 0 Å². The van der Waals surface area contributed by atoms with Crippen LogP contribution < -0.4 is 0 Å². The van der Waals surface area contributed by atoms with Crippen LogP contribution in [0.1, 0.15) is 369 Å². The Labute approximate surface area is 556 Å². The molecule has 0 heterocycles. The van der Waals surface area contributed by atoms with E-state index < -0.39 is 97.5 Å². The molecule has 540 valence electrons. The zero-order chi connectivity index (χ0) is 67.2. The molecule has 0 bridgehead atoms. The van der Waals surface area contributed by atoms with Gasteiger partial charge < -0.3 is 33.8 Å². The number of carbonyl (C=O) groups excluding carboxylic acids is 4. The largest absolute Gasteiger partial charge is 0.472 e. The molecule has 0 aromatic heterocycles. The van der Waals surface area contributed by atoms with Crippen LogP contribution in [-0.4, -0.2) is 96.7 Å². The summed E-state index contributed by atoms with van der Waals surface area (Å²) < 4.78 is 68.3. The second-order valence-electron chi connectivity index (χ2n) is 26.7. The maximum Gasteiger partial charge on any atom is 0.472 e. The van der Waals surface area contributed by atoms with Crippen molar-refractivity contribution in [2.24, 2.45) is 11.8 Å². The van der Waals surface area contributed by atoms with E-state index in [2.05, 4.69) is 41.5 Å². The van der Waals surface area contributed by atoms with E-state index in [1.807, 2.05) is 0 Å². The van der Waals surface area contributed by atoms with Crippen LogP contribution in [0.15, 0.2) is 0 Å². The summed E-state index contributed by atoms with van der Waals surface area (Å²) in [6.45, 7) is 9.57. The zero-order valence-electron chi connectivity index (χ0n) is 59.1. The Balaban J connectivity index is 5.21. The van der Waals surface area contributed by atoms with Crippen molar-refractivity contribution in [2.75, 3.05) is 39.6 Å². The monoisotopic (exact) mass is 1340 g/mol. The third-order valence-corrected chi connectivity index (χ3v) is 19.0. The Kier molecular flexibility index (Phi) is 62.7. The Morgan fingerprint density at radius 1 is 0.319 bits per heavy atom. The minimum atomic E-state index is -4.95. The van der Waals surface area contributed by atoms with Crippen molar-refractivity contribution in [1.29, 1.82) is 0 Å².